The van der Waals surface area contributed by atoms with Gasteiger partial charge in [-0.1, -0.05) is 35.1 Å². The Hall–Kier alpha value is -4.38. The summed E-state index contributed by atoms with van der Waals surface area (Å²) in [6.07, 6.45) is 6.19. The number of rotatable bonds is 9. The molecule has 1 amide bonds. The van der Waals surface area contributed by atoms with Crippen LogP contribution in [0.1, 0.15) is 68.5 Å². The summed E-state index contributed by atoms with van der Waals surface area (Å²) in [4.78, 5) is 25.9. The lowest BCUT2D eigenvalue weighted by atomic mass is 9.85. The molecule has 0 saturated carbocycles. The van der Waals surface area contributed by atoms with Gasteiger partial charge in [-0.2, -0.15) is 5.10 Å². The molecule has 4 aromatic rings. The number of aromatic nitrogens is 6. The smallest absolute Gasteiger partial charge is 0.282 e. The van der Waals surface area contributed by atoms with Crippen molar-refractivity contribution < 1.29 is 4.79 Å². The van der Waals surface area contributed by atoms with Gasteiger partial charge < -0.3 is 11.1 Å². The average Bonchev–Trinajstić information content (AvgIpc) is 3.41. The first kappa shape index (κ1) is 27.2. The molecule has 1 aliphatic carbocycles. The molecule has 40 heavy (non-hydrogen) atoms. The molecule has 0 aromatic carbocycles. The lowest BCUT2D eigenvalue weighted by Crippen LogP contribution is -2.23. The van der Waals surface area contributed by atoms with E-state index in [1.165, 1.54) is 16.9 Å². The molecule has 1 unspecified atom stereocenters. The standard InChI is InChI=1S/C29H31N9OS/c1-18-6-3-10-22(32-18)16-25(30)34-26-13-12-24(35-36-26)21-9-5-8-20(14-21)15-27-37-38-29(40-27)28(39)31-17-23-11-4-7-19(2)33-23/h3-4,6-8,10-13,21H,5,9,14-17H2,1-2H3,(H,31,39)(H2,30,34,36). The number of pyridine rings is 2. The zero-order valence-electron chi connectivity index (χ0n) is 22.5. The van der Waals surface area contributed by atoms with Crippen LogP contribution in [0.2, 0.25) is 0 Å². The maximum Gasteiger partial charge on any atom is 0.282 e. The molecular formula is C29H31N9OS. The highest BCUT2D eigenvalue weighted by Gasteiger charge is 2.21. The first-order valence-corrected chi connectivity index (χ1v) is 14.0. The second-order valence-electron chi connectivity index (χ2n) is 9.84. The van der Waals surface area contributed by atoms with Gasteiger partial charge in [-0.3, -0.25) is 14.8 Å². The molecule has 204 valence electrons. The quantitative estimate of drug-likeness (QED) is 0.177. The molecule has 4 aromatic heterocycles. The van der Waals surface area contributed by atoms with Crippen molar-refractivity contribution in [2.75, 3.05) is 0 Å². The summed E-state index contributed by atoms with van der Waals surface area (Å²) >= 11 is 1.32. The van der Waals surface area contributed by atoms with Crippen LogP contribution < -0.4 is 11.1 Å². The van der Waals surface area contributed by atoms with Crippen LogP contribution in [0.25, 0.3) is 0 Å². The zero-order chi connectivity index (χ0) is 27.9. The third kappa shape index (κ3) is 7.38. The van der Waals surface area contributed by atoms with Gasteiger partial charge in [-0.05, 0) is 69.5 Å². The van der Waals surface area contributed by atoms with Crippen molar-refractivity contribution in [3.05, 3.63) is 98.7 Å². The van der Waals surface area contributed by atoms with Crippen molar-refractivity contribution >= 4 is 28.9 Å². The lowest BCUT2D eigenvalue weighted by molar-refractivity contribution is 0.0949. The van der Waals surface area contributed by atoms with Crippen LogP contribution in [-0.4, -0.2) is 42.1 Å². The highest BCUT2D eigenvalue weighted by atomic mass is 32.1. The minimum absolute atomic E-state index is 0.239. The molecule has 0 radical (unpaired) electrons. The topological polar surface area (TPSA) is 145 Å². The van der Waals surface area contributed by atoms with Gasteiger partial charge in [0.15, 0.2) is 5.82 Å². The van der Waals surface area contributed by atoms with Gasteiger partial charge in [-0.15, -0.1) is 15.3 Å². The van der Waals surface area contributed by atoms with Gasteiger partial charge in [-0.25, -0.2) is 4.99 Å². The number of nitrogens with two attached hydrogens (primary N) is 1. The Bertz CT molecular complexity index is 1550. The maximum absolute atomic E-state index is 12.6. The lowest BCUT2D eigenvalue weighted by Gasteiger charge is -2.21. The number of allylic oxidation sites excluding steroid dienone is 2. The van der Waals surface area contributed by atoms with E-state index in [-0.39, 0.29) is 11.8 Å². The van der Waals surface area contributed by atoms with E-state index in [0.29, 0.717) is 36.0 Å². The van der Waals surface area contributed by atoms with Crippen molar-refractivity contribution in [2.45, 2.75) is 58.4 Å². The predicted octanol–water partition coefficient (Wildman–Crippen LogP) is 4.33. The van der Waals surface area contributed by atoms with Gasteiger partial charge in [0, 0.05) is 35.8 Å². The molecule has 5 rings (SSSR count). The van der Waals surface area contributed by atoms with Gasteiger partial charge in [0.25, 0.3) is 5.91 Å². The third-order valence-corrected chi connectivity index (χ3v) is 7.45. The maximum atomic E-state index is 12.6. The van der Waals surface area contributed by atoms with Crippen molar-refractivity contribution in [1.82, 2.24) is 35.7 Å². The molecule has 11 heteroatoms. The number of aryl methyl sites for hydroxylation is 2. The normalized spacial score (nSPS) is 15.5. The van der Waals surface area contributed by atoms with Crippen LogP contribution in [0, 0.1) is 13.8 Å². The van der Waals surface area contributed by atoms with Gasteiger partial charge in [0.2, 0.25) is 5.01 Å². The van der Waals surface area contributed by atoms with Crippen molar-refractivity contribution in [3.8, 4) is 0 Å². The molecule has 0 bridgehead atoms. The van der Waals surface area contributed by atoms with Crippen LogP contribution in [0.5, 0.6) is 0 Å². The number of nitrogens with one attached hydrogen (secondary N) is 1. The number of hydrogen-bond acceptors (Lipinski definition) is 9. The Balaban J connectivity index is 1.14. The number of hydrogen-bond donors (Lipinski definition) is 2. The molecule has 0 aliphatic heterocycles. The molecule has 0 saturated heterocycles. The molecule has 1 aliphatic rings. The van der Waals surface area contributed by atoms with Crippen molar-refractivity contribution in [1.29, 1.82) is 0 Å². The fourth-order valence-electron chi connectivity index (χ4n) is 4.63. The Morgan fingerprint density at radius 1 is 1.00 bits per heavy atom. The van der Waals surface area contributed by atoms with E-state index in [4.69, 9.17) is 5.73 Å². The monoisotopic (exact) mass is 553 g/mol. The van der Waals surface area contributed by atoms with E-state index in [1.807, 2.05) is 62.4 Å². The number of aliphatic imine (C=N–C) groups is 1. The van der Waals surface area contributed by atoms with Gasteiger partial charge >= 0.3 is 0 Å². The molecule has 0 spiro atoms. The molecule has 10 nitrogen and oxygen atoms in total. The van der Waals surface area contributed by atoms with Gasteiger partial charge in [0.1, 0.15) is 10.8 Å². The summed E-state index contributed by atoms with van der Waals surface area (Å²) < 4.78 is 0. The first-order chi connectivity index (χ1) is 19.4. The van der Waals surface area contributed by atoms with E-state index in [9.17, 15) is 4.79 Å². The number of nitrogens with zero attached hydrogens (tertiary/aromatic N) is 7. The molecule has 0 fully saturated rings. The molecule has 3 N–H and O–H groups in total. The fourth-order valence-corrected chi connectivity index (χ4v) is 5.43. The van der Waals surface area contributed by atoms with Crippen LogP contribution in [0.3, 0.4) is 0 Å². The second-order valence-corrected chi connectivity index (χ2v) is 10.9. The number of carbonyl (C=O) groups is 1. The Labute approximate surface area is 236 Å². The van der Waals surface area contributed by atoms with Crippen LogP contribution in [0.4, 0.5) is 5.82 Å². The van der Waals surface area contributed by atoms with Crippen molar-refractivity contribution in [2.24, 2.45) is 10.7 Å². The number of carbonyl (C=O) groups excluding carboxylic acids is 1. The van der Waals surface area contributed by atoms with Crippen LogP contribution in [0.15, 0.2) is 65.2 Å². The van der Waals surface area contributed by atoms with E-state index >= 15 is 0 Å². The number of amidine groups is 1. The highest BCUT2D eigenvalue weighted by Crippen LogP contribution is 2.33. The SMILES string of the molecule is Cc1cccc(CNC(=O)c2nnc(CC3=CCCC(c4ccc(N=C(N)Cc5cccc(C)n5)nn4)C3)s2)n1. The van der Waals surface area contributed by atoms with Crippen molar-refractivity contribution in [3.63, 3.8) is 0 Å². The first-order valence-electron chi connectivity index (χ1n) is 13.2. The summed E-state index contributed by atoms with van der Waals surface area (Å²) in [5.41, 5.74) is 11.9. The fraction of sp³-hybridized carbons (Fsp3) is 0.310. The highest BCUT2D eigenvalue weighted by molar-refractivity contribution is 7.13. The minimum atomic E-state index is -0.239. The number of amides is 1. The van der Waals surface area contributed by atoms with Crippen LogP contribution >= 0.6 is 11.3 Å². The van der Waals surface area contributed by atoms with E-state index in [1.54, 1.807) is 0 Å². The zero-order valence-corrected chi connectivity index (χ0v) is 23.4. The summed E-state index contributed by atoms with van der Waals surface area (Å²) in [6.45, 7) is 4.22. The van der Waals surface area contributed by atoms with E-state index < -0.39 is 0 Å². The summed E-state index contributed by atoms with van der Waals surface area (Å²) in [5.74, 6) is 0.951. The Kier molecular flexibility index (Phi) is 8.60. The summed E-state index contributed by atoms with van der Waals surface area (Å²) in [5, 5.41) is 21.2. The Morgan fingerprint density at radius 2 is 1.77 bits per heavy atom. The second kappa shape index (κ2) is 12.6. The van der Waals surface area contributed by atoms with Gasteiger partial charge in [0.05, 0.1) is 17.9 Å². The van der Waals surface area contributed by atoms with E-state index in [2.05, 4.69) is 46.7 Å². The summed E-state index contributed by atoms with van der Waals surface area (Å²) in [7, 11) is 0. The average molecular weight is 554 g/mol. The van der Waals surface area contributed by atoms with Crippen LogP contribution in [-0.2, 0) is 19.4 Å². The third-order valence-electron chi connectivity index (χ3n) is 6.53. The molecular weight excluding hydrogens is 522 g/mol. The minimum Gasteiger partial charge on any atom is -0.387 e. The molecule has 1 atom stereocenters. The largest absolute Gasteiger partial charge is 0.387 e. The molecule has 4 heterocycles. The summed E-state index contributed by atoms with van der Waals surface area (Å²) in [6, 6.07) is 15.4. The predicted molar refractivity (Wildman–Crippen MR) is 154 cm³/mol. The van der Waals surface area contributed by atoms with E-state index in [0.717, 1.165) is 52.7 Å². The Morgan fingerprint density at radius 3 is 2.52 bits per heavy atom.